The molecule has 1 saturated heterocycles. The van der Waals surface area contributed by atoms with Gasteiger partial charge in [0.25, 0.3) is 0 Å². The van der Waals surface area contributed by atoms with Crippen LogP contribution in [0.3, 0.4) is 0 Å². The molecule has 23 heavy (non-hydrogen) atoms. The first-order valence-corrected chi connectivity index (χ1v) is 8.18. The van der Waals surface area contributed by atoms with Crippen molar-refractivity contribution in [2.45, 2.75) is 12.8 Å². The highest BCUT2D eigenvalue weighted by Crippen LogP contribution is 2.24. The summed E-state index contributed by atoms with van der Waals surface area (Å²) in [7, 11) is 0. The van der Waals surface area contributed by atoms with Crippen molar-refractivity contribution in [3.8, 4) is 0 Å². The molecule has 0 atom stereocenters. The van der Waals surface area contributed by atoms with Gasteiger partial charge >= 0.3 is 6.03 Å². The van der Waals surface area contributed by atoms with E-state index in [4.69, 9.17) is 0 Å². The number of urea groups is 1. The number of aliphatic imine (C=N–C) groups is 1. The molecule has 5 heteroatoms. The van der Waals surface area contributed by atoms with E-state index in [-0.39, 0.29) is 6.03 Å². The molecule has 0 radical (unpaired) electrons. The van der Waals surface area contributed by atoms with E-state index in [9.17, 15) is 4.79 Å². The topological polar surface area (TPSA) is 47.9 Å². The molecule has 0 spiro atoms. The van der Waals surface area contributed by atoms with Crippen LogP contribution in [0.15, 0.2) is 47.5 Å². The third-order valence-electron chi connectivity index (χ3n) is 4.45. The zero-order valence-electron chi connectivity index (χ0n) is 13.0. The number of amides is 2. The molecular weight excluding hydrogens is 288 g/mol. The first kappa shape index (κ1) is 14.1. The number of carbonyl (C=O) groups excluding carboxylic acids is 1. The molecule has 2 aliphatic rings. The van der Waals surface area contributed by atoms with E-state index in [2.05, 4.69) is 27.3 Å². The van der Waals surface area contributed by atoms with E-state index in [1.807, 2.05) is 30.3 Å². The van der Waals surface area contributed by atoms with E-state index in [1.165, 1.54) is 0 Å². The number of carbonyl (C=O) groups is 1. The number of guanidine groups is 1. The fourth-order valence-electron chi connectivity index (χ4n) is 3.34. The van der Waals surface area contributed by atoms with Gasteiger partial charge in [0.05, 0.1) is 5.69 Å². The third kappa shape index (κ3) is 2.63. The van der Waals surface area contributed by atoms with Gasteiger partial charge in [-0.25, -0.2) is 4.79 Å². The minimum atomic E-state index is -0.0910. The molecule has 0 unspecified atom stereocenters. The number of nitrogens with zero attached hydrogens (tertiary/aromatic N) is 3. The Morgan fingerprint density at radius 3 is 2.78 bits per heavy atom. The highest BCUT2D eigenvalue weighted by Gasteiger charge is 2.29. The van der Waals surface area contributed by atoms with Crippen molar-refractivity contribution in [1.82, 2.24) is 9.80 Å². The van der Waals surface area contributed by atoms with Crippen LogP contribution in [0.25, 0.3) is 10.8 Å². The molecular formula is C18H20N4O. The molecule has 0 aromatic heterocycles. The van der Waals surface area contributed by atoms with Gasteiger partial charge in [-0.2, -0.15) is 0 Å². The van der Waals surface area contributed by atoms with Gasteiger partial charge in [0.15, 0.2) is 0 Å². The summed E-state index contributed by atoms with van der Waals surface area (Å²) in [5, 5.41) is 5.25. The van der Waals surface area contributed by atoms with Crippen LogP contribution in [-0.4, -0.2) is 48.0 Å². The molecule has 2 aliphatic heterocycles. The van der Waals surface area contributed by atoms with Crippen molar-refractivity contribution in [2.75, 3.05) is 31.5 Å². The Labute approximate surface area is 135 Å². The summed E-state index contributed by atoms with van der Waals surface area (Å²) in [6, 6.07) is 14.0. The van der Waals surface area contributed by atoms with Gasteiger partial charge in [-0.05, 0) is 24.3 Å². The normalized spacial score (nSPS) is 17.7. The molecule has 1 N–H and O–H groups in total. The average molecular weight is 308 g/mol. The summed E-state index contributed by atoms with van der Waals surface area (Å²) in [6.45, 7) is 3.53. The van der Waals surface area contributed by atoms with Crippen LogP contribution in [-0.2, 0) is 0 Å². The minimum Gasteiger partial charge on any atom is -0.342 e. The molecule has 0 bridgehead atoms. The maximum atomic E-state index is 12.8. The number of anilines is 1. The SMILES string of the molecule is O=C(Nc1cccc2ccccc12)N1CCCN2CCCN=C21. The molecule has 2 amide bonds. The number of benzene rings is 2. The largest absolute Gasteiger partial charge is 0.342 e. The van der Waals surface area contributed by atoms with Crippen LogP contribution >= 0.6 is 0 Å². The summed E-state index contributed by atoms with van der Waals surface area (Å²) < 4.78 is 0. The molecule has 5 nitrogen and oxygen atoms in total. The van der Waals surface area contributed by atoms with Crippen LogP contribution in [0.1, 0.15) is 12.8 Å². The van der Waals surface area contributed by atoms with E-state index >= 15 is 0 Å². The van der Waals surface area contributed by atoms with Crippen LogP contribution in [0.4, 0.5) is 10.5 Å². The van der Waals surface area contributed by atoms with E-state index in [1.54, 1.807) is 4.90 Å². The highest BCUT2D eigenvalue weighted by atomic mass is 16.2. The van der Waals surface area contributed by atoms with Crippen LogP contribution in [0.5, 0.6) is 0 Å². The van der Waals surface area contributed by atoms with Gasteiger partial charge in [-0.1, -0.05) is 36.4 Å². The van der Waals surface area contributed by atoms with Gasteiger partial charge in [-0.3, -0.25) is 9.89 Å². The minimum absolute atomic E-state index is 0.0910. The second kappa shape index (κ2) is 5.91. The highest BCUT2D eigenvalue weighted by molar-refractivity contribution is 6.07. The number of nitrogens with one attached hydrogen (secondary N) is 1. The van der Waals surface area contributed by atoms with Gasteiger partial charge < -0.3 is 10.2 Å². The Kier molecular flexibility index (Phi) is 3.61. The lowest BCUT2D eigenvalue weighted by Gasteiger charge is -2.39. The fourth-order valence-corrected chi connectivity index (χ4v) is 3.34. The van der Waals surface area contributed by atoms with Crippen molar-refractivity contribution in [1.29, 1.82) is 0 Å². The van der Waals surface area contributed by atoms with Crippen molar-refractivity contribution in [3.05, 3.63) is 42.5 Å². The summed E-state index contributed by atoms with van der Waals surface area (Å²) in [4.78, 5) is 21.3. The van der Waals surface area contributed by atoms with Crippen LogP contribution < -0.4 is 5.32 Å². The maximum Gasteiger partial charge on any atom is 0.328 e. The smallest absolute Gasteiger partial charge is 0.328 e. The Hall–Kier alpha value is -2.56. The molecule has 2 aromatic rings. The summed E-state index contributed by atoms with van der Waals surface area (Å²) in [5.74, 6) is 0.834. The molecule has 0 saturated carbocycles. The molecule has 1 fully saturated rings. The van der Waals surface area contributed by atoms with Crippen molar-refractivity contribution in [2.24, 2.45) is 4.99 Å². The van der Waals surface area contributed by atoms with E-state index in [0.717, 1.165) is 61.4 Å². The predicted octanol–water partition coefficient (Wildman–Crippen LogP) is 3.14. The molecule has 2 aromatic carbocycles. The van der Waals surface area contributed by atoms with Crippen molar-refractivity contribution < 1.29 is 4.79 Å². The predicted molar refractivity (Wildman–Crippen MR) is 92.8 cm³/mol. The number of hydrogen-bond donors (Lipinski definition) is 1. The van der Waals surface area contributed by atoms with Gasteiger partial charge in [0, 0.05) is 31.6 Å². The second-order valence-electron chi connectivity index (χ2n) is 5.98. The number of fused-ring (bicyclic) bond motifs is 2. The second-order valence-corrected chi connectivity index (χ2v) is 5.98. The lowest BCUT2D eigenvalue weighted by molar-refractivity contribution is 0.211. The quantitative estimate of drug-likeness (QED) is 0.880. The number of rotatable bonds is 1. The van der Waals surface area contributed by atoms with Crippen molar-refractivity contribution in [3.63, 3.8) is 0 Å². The maximum absolute atomic E-state index is 12.8. The summed E-state index contributed by atoms with van der Waals surface area (Å²) in [6.07, 6.45) is 2.06. The van der Waals surface area contributed by atoms with Gasteiger partial charge in [0.2, 0.25) is 5.96 Å². The van der Waals surface area contributed by atoms with Crippen molar-refractivity contribution >= 4 is 28.5 Å². The van der Waals surface area contributed by atoms with E-state index in [0.29, 0.717) is 0 Å². The molecule has 2 heterocycles. The fraction of sp³-hybridized carbons (Fsp3) is 0.333. The van der Waals surface area contributed by atoms with E-state index < -0.39 is 0 Å². The third-order valence-corrected chi connectivity index (χ3v) is 4.45. The molecule has 118 valence electrons. The first-order valence-electron chi connectivity index (χ1n) is 8.18. The first-order chi connectivity index (χ1) is 11.3. The Balaban J connectivity index is 1.60. The Morgan fingerprint density at radius 1 is 1.00 bits per heavy atom. The zero-order valence-corrected chi connectivity index (χ0v) is 13.0. The Bertz CT molecular complexity index is 765. The standard InChI is InChI=1S/C18H20N4O/c23-18(22-13-5-12-21-11-4-10-19-17(21)22)20-16-9-3-7-14-6-1-2-8-15(14)16/h1-3,6-9H,4-5,10-13H2,(H,20,23). The zero-order chi connectivity index (χ0) is 15.6. The monoisotopic (exact) mass is 308 g/mol. The van der Waals surface area contributed by atoms with Crippen LogP contribution in [0.2, 0.25) is 0 Å². The number of hydrogen-bond acceptors (Lipinski definition) is 3. The molecule has 0 aliphatic carbocycles. The average Bonchev–Trinajstić information content (AvgIpc) is 2.61. The van der Waals surface area contributed by atoms with Gasteiger partial charge in [0.1, 0.15) is 0 Å². The van der Waals surface area contributed by atoms with Gasteiger partial charge in [-0.15, -0.1) is 0 Å². The lowest BCUT2D eigenvalue weighted by Crippen LogP contribution is -2.55. The Morgan fingerprint density at radius 2 is 1.83 bits per heavy atom. The lowest BCUT2D eigenvalue weighted by atomic mass is 10.1. The van der Waals surface area contributed by atoms with Crippen LogP contribution in [0, 0.1) is 0 Å². The summed E-state index contributed by atoms with van der Waals surface area (Å²) in [5.41, 5.74) is 0.849. The molecule has 4 rings (SSSR count). The summed E-state index contributed by atoms with van der Waals surface area (Å²) >= 11 is 0.